The van der Waals surface area contributed by atoms with E-state index in [9.17, 15) is 9.18 Å². The van der Waals surface area contributed by atoms with Crippen LogP contribution >= 0.6 is 0 Å². The fourth-order valence-electron chi connectivity index (χ4n) is 2.72. The van der Waals surface area contributed by atoms with Crippen molar-refractivity contribution in [1.82, 2.24) is 0 Å². The largest absolute Gasteiger partial charge is 0.423 e. The lowest BCUT2D eigenvalue weighted by Crippen LogP contribution is -2.09. The van der Waals surface area contributed by atoms with Crippen molar-refractivity contribution < 1.29 is 13.9 Å². The molecule has 0 fully saturated rings. The molecular formula is C24H19FO2. The van der Waals surface area contributed by atoms with Crippen LogP contribution in [0.3, 0.4) is 0 Å². The Morgan fingerprint density at radius 1 is 1.04 bits per heavy atom. The molecule has 0 unspecified atom stereocenters. The summed E-state index contributed by atoms with van der Waals surface area (Å²) >= 11 is 0. The van der Waals surface area contributed by atoms with Crippen molar-refractivity contribution in [2.45, 2.75) is 19.8 Å². The average Bonchev–Trinajstić information content (AvgIpc) is 2.68. The van der Waals surface area contributed by atoms with Gasteiger partial charge in [0.2, 0.25) is 0 Å². The highest BCUT2D eigenvalue weighted by Crippen LogP contribution is 2.25. The molecule has 134 valence electrons. The Bertz CT molecular complexity index is 980. The Morgan fingerprint density at radius 2 is 1.74 bits per heavy atom. The van der Waals surface area contributed by atoms with Crippen LogP contribution in [0.25, 0.3) is 11.1 Å². The van der Waals surface area contributed by atoms with Gasteiger partial charge in [0.25, 0.3) is 0 Å². The first-order valence-electron chi connectivity index (χ1n) is 8.68. The van der Waals surface area contributed by atoms with Crippen LogP contribution in [0.15, 0.2) is 66.7 Å². The second-order valence-corrected chi connectivity index (χ2v) is 6.30. The van der Waals surface area contributed by atoms with Gasteiger partial charge in [0.05, 0.1) is 5.56 Å². The number of carbonyl (C=O) groups excluding carboxylic acids is 1. The van der Waals surface area contributed by atoms with Gasteiger partial charge in [-0.05, 0) is 48.7 Å². The van der Waals surface area contributed by atoms with Crippen LogP contribution in [-0.2, 0) is 6.42 Å². The second-order valence-electron chi connectivity index (χ2n) is 6.30. The van der Waals surface area contributed by atoms with Crippen molar-refractivity contribution in [3.8, 4) is 29.2 Å². The second kappa shape index (κ2) is 8.33. The van der Waals surface area contributed by atoms with E-state index < -0.39 is 11.8 Å². The predicted molar refractivity (Wildman–Crippen MR) is 105 cm³/mol. The molecule has 0 aliphatic carbocycles. The van der Waals surface area contributed by atoms with Gasteiger partial charge in [0.1, 0.15) is 11.6 Å². The molecule has 0 aliphatic rings. The highest BCUT2D eigenvalue weighted by Gasteiger charge is 2.13. The number of esters is 1. The summed E-state index contributed by atoms with van der Waals surface area (Å²) in [5, 5.41) is 0. The summed E-state index contributed by atoms with van der Waals surface area (Å²) in [7, 11) is 0. The number of benzene rings is 3. The number of rotatable bonds is 5. The Kier molecular flexibility index (Phi) is 5.68. The molecule has 0 radical (unpaired) electrons. The predicted octanol–water partition coefficient (Wildman–Crippen LogP) is 5.59. The number of hydrogen-bond donors (Lipinski definition) is 0. The van der Waals surface area contributed by atoms with Crippen LogP contribution < -0.4 is 4.74 Å². The van der Waals surface area contributed by atoms with Crippen molar-refractivity contribution in [1.29, 1.82) is 0 Å². The van der Waals surface area contributed by atoms with Gasteiger partial charge in [0.15, 0.2) is 0 Å². The molecule has 0 saturated heterocycles. The minimum atomic E-state index is -0.589. The summed E-state index contributed by atoms with van der Waals surface area (Å²) in [5.74, 6) is 1.98. The maximum Gasteiger partial charge on any atom is 0.343 e. The van der Waals surface area contributed by atoms with Crippen LogP contribution in [0.4, 0.5) is 4.39 Å². The van der Waals surface area contributed by atoms with Gasteiger partial charge in [0, 0.05) is 12.0 Å². The quantitative estimate of drug-likeness (QED) is 0.338. The number of carbonyl (C=O) groups is 1. The minimum Gasteiger partial charge on any atom is -0.423 e. The van der Waals surface area contributed by atoms with Crippen molar-refractivity contribution >= 4 is 5.97 Å². The molecule has 0 atom stereocenters. The molecule has 0 N–H and O–H groups in total. The van der Waals surface area contributed by atoms with Gasteiger partial charge < -0.3 is 4.74 Å². The zero-order valence-electron chi connectivity index (χ0n) is 15.0. The van der Waals surface area contributed by atoms with Crippen LogP contribution in [0.5, 0.6) is 5.75 Å². The molecule has 2 nitrogen and oxygen atoms in total. The summed E-state index contributed by atoms with van der Waals surface area (Å²) in [5.41, 5.74) is 3.52. The molecule has 0 spiro atoms. The van der Waals surface area contributed by atoms with E-state index in [1.165, 1.54) is 6.07 Å². The zero-order chi connectivity index (χ0) is 19.2. The molecule has 0 aromatic heterocycles. The van der Waals surface area contributed by atoms with E-state index in [-0.39, 0.29) is 5.56 Å². The summed E-state index contributed by atoms with van der Waals surface area (Å²) < 4.78 is 19.8. The summed E-state index contributed by atoms with van der Waals surface area (Å²) in [6, 6.07) is 19.1. The van der Waals surface area contributed by atoms with Gasteiger partial charge in [-0.1, -0.05) is 48.0 Å². The maximum atomic E-state index is 14.6. The van der Waals surface area contributed by atoms with Crippen LogP contribution in [0, 0.1) is 25.1 Å². The van der Waals surface area contributed by atoms with Crippen molar-refractivity contribution in [2.24, 2.45) is 0 Å². The molecule has 0 heterocycles. The normalized spacial score (nSPS) is 10.3. The number of aryl methyl sites for hydroxylation is 2. The lowest BCUT2D eigenvalue weighted by Gasteiger charge is -2.08. The Labute approximate surface area is 158 Å². The molecule has 27 heavy (non-hydrogen) atoms. The van der Waals surface area contributed by atoms with Crippen molar-refractivity contribution in [3.63, 3.8) is 0 Å². The van der Waals surface area contributed by atoms with E-state index in [1.54, 1.807) is 24.3 Å². The molecule has 0 saturated carbocycles. The van der Waals surface area contributed by atoms with Gasteiger partial charge in [-0.3, -0.25) is 0 Å². The molecule has 0 bridgehead atoms. The fraction of sp³-hybridized carbons (Fsp3) is 0.125. The Morgan fingerprint density at radius 3 is 2.37 bits per heavy atom. The average molecular weight is 358 g/mol. The SMILES string of the molecule is C#CCCc1ccc(-c2ccc(C(=O)Oc3ccc(C)cc3)cc2F)cc1. The smallest absolute Gasteiger partial charge is 0.343 e. The van der Waals surface area contributed by atoms with E-state index in [0.717, 1.165) is 23.1 Å². The number of terminal acetylenes is 1. The van der Waals surface area contributed by atoms with Gasteiger partial charge in [-0.2, -0.15) is 0 Å². The lowest BCUT2D eigenvalue weighted by atomic mass is 10.0. The first-order valence-corrected chi connectivity index (χ1v) is 8.68. The van der Waals surface area contributed by atoms with Crippen molar-refractivity contribution in [3.05, 3.63) is 89.2 Å². The molecule has 3 aromatic carbocycles. The molecule has 0 aliphatic heterocycles. The lowest BCUT2D eigenvalue weighted by molar-refractivity contribution is 0.0734. The van der Waals surface area contributed by atoms with Crippen molar-refractivity contribution in [2.75, 3.05) is 0 Å². The monoisotopic (exact) mass is 358 g/mol. The summed E-state index contributed by atoms with van der Waals surface area (Å²) in [6.07, 6.45) is 6.74. The number of hydrogen-bond acceptors (Lipinski definition) is 2. The minimum absolute atomic E-state index is 0.169. The molecule has 3 heteroatoms. The highest BCUT2D eigenvalue weighted by atomic mass is 19.1. The number of ether oxygens (including phenoxy) is 1. The molecular weight excluding hydrogens is 339 g/mol. The highest BCUT2D eigenvalue weighted by molar-refractivity contribution is 5.91. The first-order chi connectivity index (χ1) is 13.1. The van der Waals surface area contributed by atoms with E-state index in [2.05, 4.69) is 5.92 Å². The van der Waals surface area contributed by atoms with Crippen LogP contribution in [0.2, 0.25) is 0 Å². The molecule has 3 aromatic rings. The first kappa shape index (κ1) is 18.4. The number of halogens is 1. The zero-order valence-corrected chi connectivity index (χ0v) is 15.0. The van der Waals surface area contributed by atoms with E-state index >= 15 is 0 Å². The molecule has 0 amide bonds. The van der Waals surface area contributed by atoms with E-state index in [1.807, 2.05) is 43.3 Å². The third kappa shape index (κ3) is 4.62. The Balaban J connectivity index is 1.76. The standard InChI is InChI=1S/C24H19FO2/c1-3-4-5-18-8-10-19(11-9-18)22-15-12-20(16-23(22)25)24(26)27-21-13-6-17(2)7-14-21/h1,6-16H,4-5H2,2H3. The van der Waals surface area contributed by atoms with Gasteiger partial charge in [-0.25, -0.2) is 9.18 Å². The third-order valence-electron chi connectivity index (χ3n) is 4.26. The topological polar surface area (TPSA) is 26.3 Å². The Hall–Kier alpha value is -3.38. The van der Waals surface area contributed by atoms with Crippen LogP contribution in [0.1, 0.15) is 27.9 Å². The van der Waals surface area contributed by atoms with Crippen LogP contribution in [-0.4, -0.2) is 5.97 Å². The summed E-state index contributed by atoms with van der Waals surface area (Å²) in [6.45, 7) is 1.95. The van der Waals surface area contributed by atoms with E-state index in [0.29, 0.717) is 17.7 Å². The molecule has 3 rings (SSSR count). The van der Waals surface area contributed by atoms with E-state index in [4.69, 9.17) is 11.2 Å². The van der Waals surface area contributed by atoms with Gasteiger partial charge in [-0.15, -0.1) is 12.3 Å². The maximum absolute atomic E-state index is 14.6. The summed E-state index contributed by atoms with van der Waals surface area (Å²) in [4.78, 5) is 12.2. The van der Waals surface area contributed by atoms with Gasteiger partial charge >= 0.3 is 5.97 Å². The fourth-order valence-corrected chi connectivity index (χ4v) is 2.72. The third-order valence-corrected chi connectivity index (χ3v) is 4.26.